The Labute approximate surface area is 168 Å². The third-order valence-electron chi connectivity index (χ3n) is 7.41. The Kier molecular flexibility index (Phi) is 4.50. The van der Waals surface area contributed by atoms with Gasteiger partial charge < -0.3 is 0 Å². The first kappa shape index (κ1) is 17.9. The lowest BCUT2D eigenvalue weighted by Gasteiger charge is -2.31. The first-order chi connectivity index (χ1) is 13.6. The molecule has 0 aliphatic heterocycles. The Hall–Kier alpha value is -2.15. The Morgan fingerprint density at radius 3 is 2.32 bits per heavy atom. The fourth-order valence-corrected chi connectivity index (χ4v) is 5.89. The molecule has 1 nitrogen and oxygen atoms in total. The molecule has 0 N–H and O–H groups in total. The number of carbonyl (C=O) groups excluding carboxylic acids is 1. The average Bonchev–Trinajstić information content (AvgIpc) is 3.35. The van der Waals surface area contributed by atoms with Crippen molar-refractivity contribution < 1.29 is 4.79 Å². The summed E-state index contributed by atoms with van der Waals surface area (Å²) < 4.78 is 0. The van der Waals surface area contributed by atoms with E-state index in [9.17, 15) is 4.79 Å². The Morgan fingerprint density at radius 2 is 1.68 bits per heavy atom. The molecule has 1 aromatic rings. The predicted octanol–water partition coefficient (Wildman–Crippen LogP) is 4.43. The molecule has 1 heteroatoms. The van der Waals surface area contributed by atoms with Crippen LogP contribution in [0.25, 0.3) is 12.2 Å². The molecule has 0 saturated carbocycles. The SMILES string of the molecule is CC(=O)C1C=C(C2=CC=CC2)CC1C1C=c2cc3c(cc2=CC1C)CCCC3. The van der Waals surface area contributed by atoms with Crippen molar-refractivity contribution in [1.29, 1.82) is 0 Å². The number of rotatable bonds is 3. The summed E-state index contributed by atoms with van der Waals surface area (Å²) in [6.45, 7) is 4.12. The summed E-state index contributed by atoms with van der Waals surface area (Å²) in [5.41, 5.74) is 5.94. The second-order valence-electron chi connectivity index (χ2n) is 9.25. The maximum Gasteiger partial charge on any atom is 0.136 e. The lowest BCUT2D eigenvalue weighted by Crippen LogP contribution is -2.37. The minimum Gasteiger partial charge on any atom is -0.299 e. The number of Topliss-reactive ketones (excluding diaryl/α,β-unsaturated/α-hetero) is 1. The maximum absolute atomic E-state index is 12.5. The third-order valence-corrected chi connectivity index (χ3v) is 7.41. The molecule has 4 unspecified atom stereocenters. The van der Waals surface area contributed by atoms with E-state index in [0.29, 0.717) is 23.5 Å². The summed E-state index contributed by atoms with van der Waals surface area (Å²) >= 11 is 0. The van der Waals surface area contributed by atoms with Crippen molar-refractivity contribution in [3.05, 3.63) is 69.1 Å². The van der Waals surface area contributed by atoms with Crippen LogP contribution in [-0.4, -0.2) is 5.78 Å². The van der Waals surface area contributed by atoms with E-state index in [-0.39, 0.29) is 5.92 Å². The molecular weight excluding hydrogens is 340 g/mol. The summed E-state index contributed by atoms with van der Waals surface area (Å²) in [6, 6.07) is 4.90. The predicted molar refractivity (Wildman–Crippen MR) is 116 cm³/mol. The van der Waals surface area contributed by atoms with Gasteiger partial charge in [0.05, 0.1) is 0 Å². The largest absolute Gasteiger partial charge is 0.299 e. The second-order valence-corrected chi connectivity index (χ2v) is 9.25. The molecule has 0 heterocycles. The van der Waals surface area contributed by atoms with E-state index in [2.05, 4.69) is 55.5 Å². The molecule has 0 spiro atoms. The minimum atomic E-state index is 0.0628. The van der Waals surface area contributed by atoms with Gasteiger partial charge in [0.2, 0.25) is 0 Å². The topological polar surface area (TPSA) is 17.1 Å². The zero-order chi connectivity index (χ0) is 19.3. The van der Waals surface area contributed by atoms with Crippen LogP contribution in [0.15, 0.2) is 47.6 Å². The van der Waals surface area contributed by atoms with Gasteiger partial charge in [-0.05, 0) is 95.9 Å². The highest BCUT2D eigenvalue weighted by Crippen LogP contribution is 2.44. The quantitative estimate of drug-likeness (QED) is 0.769. The Morgan fingerprint density at radius 1 is 0.964 bits per heavy atom. The molecule has 0 aromatic heterocycles. The lowest BCUT2D eigenvalue weighted by atomic mass is 9.72. The molecule has 4 aliphatic carbocycles. The standard InChI is InChI=1S/C27H30O/c1-17-11-22-12-20-9-5-6-10-21(20)13-23(22)14-25(17)27-16-24(15-26(27)18(2)28)19-7-3-4-8-19/h3-4,7,11-15,17,25-27H,5-6,8-10,16H2,1-2H3. The van der Waals surface area contributed by atoms with Gasteiger partial charge in [0.25, 0.3) is 0 Å². The summed E-state index contributed by atoms with van der Waals surface area (Å²) in [5.74, 6) is 1.69. The van der Waals surface area contributed by atoms with E-state index in [4.69, 9.17) is 0 Å². The number of fused-ring (bicyclic) bond motifs is 2. The highest BCUT2D eigenvalue weighted by atomic mass is 16.1. The van der Waals surface area contributed by atoms with Crippen LogP contribution in [0.5, 0.6) is 0 Å². The molecule has 1 aromatic carbocycles. The molecule has 0 fully saturated rings. The molecular formula is C27H30O. The van der Waals surface area contributed by atoms with Gasteiger partial charge in [-0.25, -0.2) is 0 Å². The van der Waals surface area contributed by atoms with Gasteiger partial charge >= 0.3 is 0 Å². The number of hydrogen-bond acceptors (Lipinski definition) is 1. The number of aryl methyl sites for hydroxylation is 2. The van der Waals surface area contributed by atoms with Crippen LogP contribution < -0.4 is 10.4 Å². The number of benzene rings is 1. The van der Waals surface area contributed by atoms with Crippen LogP contribution in [0.3, 0.4) is 0 Å². The van der Waals surface area contributed by atoms with Crippen LogP contribution >= 0.6 is 0 Å². The van der Waals surface area contributed by atoms with Crippen LogP contribution in [0.4, 0.5) is 0 Å². The molecule has 0 saturated heterocycles. The molecule has 5 rings (SSSR count). The van der Waals surface area contributed by atoms with Crippen molar-refractivity contribution in [3.8, 4) is 0 Å². The van der Waals surface area contributed by atoms with Gasteiger partial charge in [0.15, 0.2) is 0 Å². The second kappa shape index (κ2) is 7.03. The molecule has 0 amide bonds. The first-order valence-corrected chi connectivity index (χ1v) is 11.0. The fraction of sp³-hybridized carbons (Fsp3) is 0.444. The van der Waals surface area contributed by atoms with Gasteiger partial charge in [0, 0.05) is 5.92 Å². The van der Waals surface area contributed by atoms with Gasteiger partial charge in [-0.3, -0.25) is 4.79 Å². The third kappa shape index (κ3) is 3.05. The summed E-state index contributed by atoms with van der Waals surface area (Å²) in [6.07, 6.45) is 21.0. The smallest absolute Gasteiger partial charge is 0.136 e. The lowest BCUT2D eigenvalue weighted by molar-refractivity contribution is -0.120. The zero-order valence-corrected chi connectivity index (χ0v) is 17.1. The van der Waals surface area contributed by atoms with Gasteiger partial charge in [-0.1, -0.05) is 55.5 Å². The minimum absolute atomic E-state index is 0.0628. The molecule has 4 atom stereocenters. The fourth-order valence-electron chi connectivity index (χ4n) is 5.89. The van der Waals surface area contributed by atoms with Crippen molar-refractivity contribution in [2.24, 2.45) is 23.7 Å². The van der Waals surface area contributed by atoms with Crippen molar-refractivity contribution in [3.63, 3.8) is 0 Å². The highest BCUT2D eigenvalue weighted by Gasteiger charge is 2.38. The molecule has 144 valence electrons. The van der Waals surface area contributed by atoms with E-state index in [0.717, 1.165) is 12.8 Å². The van der Waals surface area contributed by atoms with Crippen molar-refractivity contribution in [2.45, 2.75) is 52.4 Å². The van der Waals surface area contributed by atoms with E-state index in [1.807, 2.05) is 0 Å². The summed E-state index contributed by atoms with van der Waals surface area (Å²) in [4.78, 5) is 12.5. The monoisotopic (exact) mass is 370 g/mol. The maximum atomic E-state index is 12.5. The van der Waals surface area contributed by atoms with Gasteiger partial charge in [0.1, 0.15) is 5.78 Å². The van der Waals surface area contributed by atoms with Crippen LogP contribution in [0.1, 0.15) is 50.7 Å². The summed E-state index contributed by atoms with van der Waals surface area (Å²) in [5, 5.41) is 2.82. The Balaban J connectivity index is 1.51. The number of carbonyl (C=O) groups is 1. The molecule has 0 radical (unpaired) electrons. The molecule has 28 heavy (non-hydrogen) atoms. The Bertz CT molecular complexity index is 1030. The van der Waals surface area contributed by atoms with E-state index in [1.165, 1.54) is 47.3 Å². The van der Waals surface area contributed by atoms with Crippen molar-refractivity contribution in [1.82, 2.24) is 0 Å². The number of hydrogen-bond donors (Lipinski definition) is 0. The number of allylic oxidation sites excluding steroid dienone is 6. The van der Waals surface area contributed by atoms with Gasteiger partial charge in [-0.2, -0.15) is 0 Å². The highest BCUT2D eigenvalue weighted by molar-refractivity contribution is 5.82. The van der Waals surface area contributed by atoms with Crippen molar-refractivity contribution >= 4 is 17.9 Å². The van der Waals surface area contributed by atoms with E-state index in [1.54, 1.807) is 18.1 Å². The molecule has 4 aliphatic rings. The van der Waals surface area contributed by atoms with Gasteiger partial charge in [-0.15, -0.1) is 0 Å². The normalized spacial score (nSPS) is 30.6. The van der Waals surface area contributed by atoms with E-state index < -0.39 is 0 Å². The van der Waals surface area contributed by atoms with Crippen LogP contribution in [-0.2, 0) is 17.6 Å². The first-order valence-electron chi connectivity index (χ1n) is 11.0. The number of ketones is 1. The van der Waals surface area contributed by atoms with Crippen LogP contribution in [0, 0.1) is 23.7 Å². The average molecular weight is 371 g/mol. The van der Waals surface area contributed by atoms with Crippen molar-refractivity contribution in [2.75, 3.05) is 0 Å². The van der Waals surface area contributed by atoms with Crippen LogP contribution in [0.2, 0.25) is 0 Å². The van der Waals surface area contributed by atoms with E-state index >= 15 is 0 Å². The zero-order valence-electron chi connectivity index (χ0n) is 17.1. The molecule has 0 bridgehead atoms. The summed E-state index contributed by atoms with van der Waals surface area (Å²) in [7, 11) is 0.